The Kier molecular flexibility index (Phi) is 3.00. The Bertz CT molecular complexity index is 1070. The van der Waals surface area contributed by atoms with Crippen LogP contribution in [0.15, 0.2) is 29.3 Å². The number of aryl methyl sites for hydroxylation is 3. The van der Waals surface area contributed by atoms with Crippen molar-refractivity contribution < 1.29 is 4.52 Å². The molecular formula is C17H17N7O. The summed E-state index contributed by atoms with van der Waals surface area (Å²) in [5, 5.41) is 8.59. The molecule has 1 atom stereocenters. The molecular weight excluding hydrogens is 318 g/mol. The minimum atomic E-state index is 0.226. The molecule has 5 heterocycles. The lowest BCUT2D eigenvalue weighted by atomic mass is 9.96. The summed E-state index contributed by atoms with van der Waals surface area (Å²) >= 11 is 0. The van der Waals surface area contributed by atoms with Crippen LogP contribution in [-0.4, -0.2) is 34.3 Å². The molecule has 126 valence electrons. The molecule has 8 heteroatoms. The van der Waals surface area contributed by atoms with Gasteiger partial charge in [0.2, 0.25) is 11.7 Å². The van der Waals surface area contributed by atoms with Crippen molar-refractivity contribution in [2.24, 2.45) is 0 Å². The Morgan fingerprint density at radius 3 is 3.04 bits per heavy atom. The van der Waals surface area contributed by atoms with Gasteiger partial charge in [0.15, 0.2) is 5.65 Å². The maximum Gasteiger partial charge on any atom is 0.230 e. The van der Waals surface area contributed by atoms with Crippen LogP contribution in [0.5, 0.6) is 0 Å². The first kappa shape index (κ1) is 14.3. The van der Waals surface area contributed by atoms with E-state index in [1.807, 2.05) is 32.4 Å². The maximum absolute atomic E-state index is 5.57. The van der Waals surface area contributed by atoms with Crippen LogP contribution in [-0.2, 0) is 13.0 Å². The zero-order chi connectivity index (χ0) is 17.0. The SMILES string of the molecule is Cc1cc(C)n2ncc(-c3noc([C@H]4CCn5cncc5C4)n3)c2n1. The maximum atomic E-state index is 5.57. The zero-order valence-electron chi connectivity index (χ0n) is 14.0. The predicted molar refractivity (Wildman–Crippen MR) is 89.0 cm³/mol. The molecule has 0 spiro atoms. The summed E-state index contributed by atoms with van der Waals surface area (Å²) < 4.78 is 9.55. The Labute approximate surface area is 143 Å². The second kappa shape index (κ2) is 5.23. The van der Waals surface area contributed by atoms with Gasteiger partial charge >= 0.3 is 0 Å². The van der Waals surface area contributed by atoms with E-state index in [1.54, 1.807) is 10.7 Å². The highest BCUT2D eigenvalue weighted by Crippen LogP contribution is 2.30. The molecule has 0 radical (unpaired) electrons. The fourth-order valence-electron chi connectivity index (χ4n) is 3.52. The van der Waals surface area contributed by atoms with Crippen molar-refractivity contribution in [3.8, 4) is 11.4 Å². The lowest BCUT2D eigenvalue weighted by Crippen LogP contribution is -2.17. The first-order valence-electron chi connectivity index (χ1n) is 8.34. The molecule has 8 nitrogen and oxygen atoms in total. The average Bonchev–Trinajstić information content (AvgIpc) is 3.32. The van der Waals surface area contributed by atoms with Crippen molar-refractivity contribution in [3.05, 3.63) is 47.8 Å². The van der Waals surface area contributed by atoms with Gasteiger partial charge in [-0.3, -0.25) is 0 Å². The normalized spacial score (nSPS) is 17.1. The third kappa shape index (κ3) is 2.25. The van der Waals surface area contributed by atoms with Crippen LogP contribution in [0.1, 0.15) is 35.3 Å². The van der Waals surface area contributed by atoms with Crippen molar-refractivity contribution in [2.45, 2.75) is 39.2 Å². The number of fused-ring (bicyclic) bond motifs is 2. The van der Waals surface area contributed by atoms with Gasteiger partial charge in [-0.05, 0) is 26.3 Å². The van der Waals surface area contributed by atoms with E-state index in [0.29, 0.717) is 11.7 Å². The van der Waals surface area contributed by atoms with Crippen molar-refractivity contribution >= 4 is 5.65 Å². The number of hydrogen-bond acceptors (Lipinski definition) is 6. The molecule has 0 aromatic carbocycles. The summed E-state index contributed by atoms with van der Waals surface area (Å²) in [5.74, 6) is 1.44. The van der Waals surface area contributed by atoms with E-state index in [2.05, 4.69) is 29.8 Å². The van der Waals surface area contributed by atoms with Crippen LogP contribution in [0.4, 0.5) is 0 Å². The van der Waals surface area contributed by atoms with Gasteiger partial charge in [0.05, 0.1) is 18.1 Å². The first-order chi connectivity index (χ1) is 12.2. The molecule has 0 bridgehead atoms. The summed E-state index contributed by atoms with van der Waals surface area (Å²) in [7, 11) is 0. The fraction of sp³-hybridized carbons (Fsp3) is 0.353. The highest BCUT2D eigenvalue weighted by Gasteiger charge is 2.26. The summed E-state index contributed by atoms with van der Waals surface area (Å²) in [6.45, 7) is 4.90. The van der Waals surface area contributed by atoms with Crippen molar-refractivity contribution in [2.75, 3.05) is 0 Å². The number of aromatic nitrogens is 7. The van der Waals surface area contributed by atoms with E-state index in [-0.39, 0.29) is 5.92 Å². The summed E-state index contributed by atoms with van der Waals surface area (Å²) in [6.07, 6.45) is 7.37. The lowest BCUT2D eigenvalue weighted by molar-refractivity contribution is 0.325. The highest BCUT2D eigenvalue weighted by molar-refractivity contribution is 5.72. The van der Waals surface area contributed by atoms with Gasteiger partial charge in [-0.1, -0.05) is 5.16 Å². The largest absolute Gasteiger partial charge is 0.339 e. The lowest BCUT2D eigenvalue weighted by Gasteiger charge is -2.20. The predicted octanol–water partition coefficient (Wildman–Crippen LogP) is 2.32. The Morgan fingerprint density at radius 1 is 1.20 bits per heavy atom. The molecule has 4 aromatic heterocycles. The molecule has 1 aliphatic rings. The number of rotatable bonds is 2. The third-order valence-corrected chi connectivity index (χ3v) is 4.78. The Balaban J connectivity index is 1.51. The molecule has 0 saturated heterocycles. The van der Waals surface area contributed by atoms with Crippen LogP contribution in [0.2, 0.25) is 0 Å². The second-order valence-corrected chi connectivity index (χ2v) is 6.56. The molecule has 0 amide bonds. The van der Waals surface area contributed by atoms with Crippen molar-refractivity contribution in [1.29, 1.82) is 0 Å². The Hall–Kier alpha value is -3.03. The molecule has 4 aromatic rings. The fourth-order valence-corrected chi connectivity index (χ4v) is 3.52. The minimum Gasteiger partial charge on any atom is -0.339 e. The zero-order valence-corrected chi connectivity index (χ0v) is 14.0. The standard InChI is InChI=1S/C17H17N7O/c1-10-5-11(2)24-16(20-10)14(8-19-24)15-21-17(25-22-15)12-3-4-23-9-18-7-13(23)6-12/h5,7-9,12H,3-4,6H2,1-2H3/t12-/m0/s1. The van der Waals surface area contributed by atoms with Gasteiger partial charge in [0.1, 0.15) is 0 Å². The van der Waals surface area contributed by atoms with Crippen molar-refractivity contribution in [3.63, 3.8) is 0 Å². The number of hydrogen-bond donors (Lipinski definition) is 0. The average molecular weight is 335 g/mol. The van der Waals surface area contributed by atoms with Gasteiger partial charge in [0.25, 0.3) is 0 Å². The van der Waals surface area contributed by atoms with Gasteiger partial charge < -0.3 is 9.09 Å². The summed E-state index contributed by atoms with van der Waals surface area (Å²) in [5.41, 5.74) is 4.73. The van der Waals surface area contributed by atoms with E-state index in [9.17, 15) is 0 Å². The molecule has 0 N–H and O–H groups in total. The van der Waals surface area contributed by atoms with E-state index in [1.165, 1.54) is 5.69 Å². The van der Waals surface area contributed by atoms with Crippen LogP contribution in [0.3, 0.4) is 0 Å². The van der Waals surface area contributed by atoms with Crippen LogP contribution >= 0.6 is 0 Å². The monoisotopic (exact) mass is 335 g/mol. The summed E-state index contributed by atoms with van der Waals surface area (Å²) in [4.78, 5) is 13.4. The molecule has 0 saturated carbocycles. The molecule has 25 heavy (non-hydrogen) atoms. The molecule has 0 fully saturated rings. The van der Waals surface area contributed by atoms with Crippen molar-refractivity contribution in [1.82, 2.24) is 34.3 Å². The highest BCUT2D eigenvalue weighted by atomic mass is 16.5. The minimum absolute atomic E-state index is 0.226. The van der Waals surface area contributed by atoms with Crippen LogP contribution < -0.4 is 0 Å². The number of imidazole rings is 1. The summed E-state index contributed by atoms with van der Waals surface area (Å²) in [6, 6.07) is 2.00. The van der Waals surface area contributed by atoms with E-state index >= 15 is 0 Å². The van der Waals surface area contributed by atoms with Gasteiger partial charge in [-0.25, -0.2) is 14.5 Å². The van der Waals surface area contributed by atoms with Crippen LogP contribution in [0, 0.1) is 13.8 Å². The van der Waals surface area contributed by atoms with E-state index in [0.717, 1.165) is 42.0 Å². The topological polar surface area (TPSA) is 86.9 Å². The smallest absolute Gasteiger partial charge is 0.230 e. The van der Waals surface area contributed by atoms with Crippen LogP contribution in [0.25, 0.3) is 17.0 Å². The Morgan fingerprint density at radius 2 is 2.12 bits per heavy atom. The van der Waals surface area contributed by atoms with Gasteiger partial charge in [-0.2, -0.15) is 10.1 Å². The first-order valence-corrected chi connectivity index (χ1v) is 8.34. The molecule has 5 rings (SSSR count). The van der Waals surface area contributed by atoms with Gasteiger partial charge in [0, 0.05) is 42.2 Å². The second-order valence-electron chi connectivity index (χ2n) is 6.56. The van der Waals surface area contributed by atoms with E-state index in [4.69, 9.17) is 4.52 Å². The molecule has 0 aliphatic carbocycles. The third-order valence-electron chi connectivity index (χ3n) is 4.78. The van der Waals surface area contributed by atoms with Gasteiger partial charge in [-0.15, -0.1) is 0 Å². The van der Waals surface area contributed by atoms with E-state index < -0.39 is 0 Å². The number of nitrogens with zero attached hydrogens (tertiary/aromatic N) is 7. The quantitative estimate of drug-likeness (QED) is 0.559. The molecule has 0 unspecified atom stereocenters. The molecule has 1 aliphatic heterocycles.